The summed E-state index contributed by atoms with van der Waals surface area (Å²) in [4.78, 5) is 25.0. The number of aromatic nitrogens is 2. The van der Waals surface area contributed by atoms with Crippen LogP contribution >= 0.6 is 0 Å². The van der Waals surface area contributed by atoms with Gasteiger partial charge in [-0.25, -0.2) is 4.98 Å². The lowest BCUT2D eigenvalue weighted by atomic mass is 9.77. The van der Waals surface area contributed by atoms with Gasteiger partial charge in [-0.2, -0.15) is 0 Å². The maximum Gasteiger partial charge on any atom is 0.274 e. The molecule has 0 N–H and O–H groups in total. The molecule has 0 atom stereocenters. The van der Waals surface area contributed by atoms with Gasteiger partial charge < -0.3 is 9.80 Å². The molecular formula is C16H24N4O. The van der Waals surface area contributed by atoms with E-state index in [9.17, 15) is 4.79 Å². The molecule has 3 heterocycles. The van der Waals surface area contributed by atoms with Crippen LogP contribution in [-0.4, -0.2) is 57.9 Å². The number of likely N-dealkylation sites (tertiary alicyclic amines) is 2. The lowest BCUT2D eigenvalue weighted by molar-refractivity contribution is 0.0576. The van der Waals surface area contributed by atoms with E-state index in [-0.39, 0.29) is 5.91 Å². The molecule has 0 aliphatic carbocycles. The SMILES string of the molecule is CC(C)N1CCC2(CCN(C(=O)c3cnccn3)CC2)C1. The summed E-state index contributed by atoms with van der Waals surface area (Å²) >= 11 is 0. The summed E-state index contributed by atoms with van der Waals surface area (Å²) in [6.07, 6.45) is 8.24. The lowest BCUT2D eigenvalue weighted by Crippen LogP contribution is -2.45. The van der Waals surface area contributed by atoms with Crippen LogP contribution in [0.4, 0.5) is 0 Å². The zero-order chi connectivity index (χ0) is 14.9. The molecule has 2 aliphatic rings. The van der Waals surface area contributed by atoms with Crippen molar-refractivity contribution in [2.75, 3.05) is 26.2 Å². The highest BCUT2D eigenvalue weighted by molar-refractivity contribution is 5.92. The van der Waals surface area contributed by atoms with Crippen molar-refractivity contribution in [3.05, 3.63) is 24.3 Å². The Hall–Kier alpha value is -1.49. The Bertz CT molecular complexity index is 494. The molecule has 0 radical (unpaired) electrons. The second-order valence-corrected chi connectivity index (χ2v) is 6.70. The number of amides is 1. The van der Waals surface area contributed by atoms with E-state index in [0.717, 1.165) is 25.9 Å². The Balaban J connectivity index is 1.60. The summed E-state index contributed by atoms with van der Waals surface area (Å²) in [5, 5.41) is 0. The van der Waals surface area contributed by atoms with E-state index in [1.165, 1.54) is 19.5 Å². The van der Waals surface area contributed by atoms with Gasteiger partial charge >= 0.3 is 0 Å². The molecule has 1 aromatic heterocycles. The highest BCUT2D eigenvalue weighted by atomic mass is 16.2. The molecule has 5 heteroatoms. The van der Waals surface area contributed by atoms with Crippen LogP contribution in [0.5, 0.6) is 0 Å². The Morgan fingerprint density at radius 2 is 1.90 bits per heavy atom. The quantitative estimate of drug-likeness (QED) is 0.833. The van der Waals surface area contributed by atoms with E-state index in [1.54, 1.807) is 18.6 Å². The molecule has 0 bridgehead atoms. The Kier molecular flexibility index (Phi) is 3.93. The van der Waals surface area contributed by atoms with Crippen molar-refractivity contribution in [3.8, 4) is 0 Å². The third-order valence-electron chi connectivity index (χ3n) is 5.09. The van der Waals surface area contributed by atoms with Gasteiger partial charge in [0.25, 0.3) is 5.91 Å². The fourth-order valence-electron chi connectivity index (χ4n) is 3.57. The number of piperidine rings is 1. The molecule has 2 aliphatic heterocycles. The minimum Gasteiger partial charge on any atom is -0.337 e. The standard InChI is InChI=1S/C16H24N4O/c1-13(2)20-10-5-16(12-20)3-8-19(9-4-16)15(21)14-11-17-6-7-18-14/h6-7,11,13H,3-5,8-10,12H2,1-2H3. The zero-order valence-corrected chi connectivity index (χ0v) is 13.0. The fraction of sp³-hybridized carbons (Fsp3) is 0.688. The first-order chi connectivity index (χ1) is 10.1. The first-order valence-corrected chi connectivity index (χ1v) is 7.89. The van der Waals surface area contributed by atoms with Crippen LogP contribution in [0.1, 0.15) is 43.6 Å². The summed E-state index contributed by atoms with van der Waals surface area (Å²) in [5.74, 6) is 0.0247. The average Bonchev–Trinajstić information content (AvgIpc) is 2.92. The maximum absolute atomic E-state index is 12.4. The van der Waals surface area contributed by atoms with Crippen molar-refractivity contribution in [2.45, 2.75) is 39.2 Å². The number of carbonyl (C=O) groups excluding carboxylic acids is 1. The third-order valence-corrected chi connectivity index (χ3v) is 5.09. The molecule has 0 aromatic carbocycles. The van der Waals surface area contributed by atoms with Crippen LogP contribution < -0.4 is 0 Å². The molecule has 1 amide bonds. The Labute approximate surface area is 126 Å². The molecular weight excluding hydrogens is 264 g/mol. The predicted molar refractivity (Wildman–Crippen MR) is 80.9 cm³/mol. The molecule has 21 heavy (non-hydrogen) atoms. The molecule has 114 valence electrons. The second kappa shape index (κ2) is 5.72. The highest BCUT2D eigenvalue weighted by Crippen LogP contribution is 2.41. The number of carbonyl (C=O) groups is 1. The maximum atomic E-state index is 12.4. The molecule has 5 nitrogen and oxygen atoms in total. The third kappa shape index (κ3) is 2.93. The topological polar surface area (TPSA) is 49.3 Å². The minimum absolute atomic E-state index is 0.0247. The highest BCUT2D eigenvalue weighted by Gasteiger charge is 2.41. The smallest absolute Gasteiger partial charge is 0.274 e. The van der Waals surface area contributed by atoms with Gasteiger partial charge in [0.15, 0.2) is 0 Å². The van der Waals surface area contributed by atoms with E-state index in [0.29, 0.717) is 17.2 Å². The van der Waals surface area contributed by atoms with Crippen LogP contribution in [0, 0.1) is 5.41 Å². The van der Waals surface area contributed by atoms with Gasteiger partial charge in [-0.1, -0.05) is 0 Å². The minimum atomic E-state index is 0.0247. The molecule has 0 unspecified atom stereocenters. The average molecular weight is 288 g/mol. The van der Waals surface area contributed by atoms with Crippen LogP contribution in [0.25, 0.3) is 0 Å². The van der Waals surface area contributed by atoms with Crippen LogP contribution in [-0.2, 0) is 0 Å². The number of hydrogen-bond donors (Lipinski definition) is 0. The molecule has 3 rings (SSSR count). The molecule has 1 spiro atoms. The summed E-state index contributed by atoms with van der Waals surface area (Å²) in [5.41, 5.74) is 0.896. The predicted octanol–water partition coefficient (Wildman–Crippen LogP) is 1.81. The van der Waals surface area contributed by atoms with Gasteiger partial charge in [-0.05, 0) is 45.1 Å². The van der Waals surface area contributed by atoms with E-state index in [4.69, 9.17) is 0 Å². The summed E-state index contributed by atoms with van der Waals surface area (Å²) < 4.78 is 0. The van der Waals surface area contributed by atoms with Crippen LogP contribution in [0.2, 0.25) is 0 Å². The van der Waals surface area contributed by atoms with E-state index >= 15 is 0 Å². The van der Waals surface area contributed by atoms with Gasteiger partial charge in [0.2, 0.25) is 0 Å². The molecule has 2 saturated heterocycles. The Morgan fingerprint density at radius 1 is 1.19 bits per heavy atom. The van der Waals surface area contributed by atoms with Gasteiger partial charge in [-0.3, -0.25) is 9.78 Å². The Morgan fingerprint density at radius 3 is 2.48 bits per heavy atom. The van der Waals surface area contributed by atoms with E-state index < -0.39 is 0 Å². The van der Waals surface area contributed by atoms with Crippen molar-refractivity contribution in [3.63, 3.8) is 0 Å². The van der Waals surface area contributed by atoms with Gasteiger partial charge in [0.05, 0.1) is 6.20 Å². The monoisotopic (exact) mass is 288 g/mol. The molecule has 1 aromatic rings. The number of hydrogen-bond acceptors (Lipinski definition) is 4. The number of nitrogens with zero attached hydrogens (tertiary/aromatic N) is 4. The second-order valence-electron chi connectivity index (χ2n) is 6.70. The zero-order valence-electron chi connectivity index (χ0n) is 13.0. The first kappa shape index (κ1) is 14.4. The van der Waals surface area contributed by atoms with Crippen molar-refractivity contribution in [1.29, 1.82) is 0 Å². The van der Waals surface area contributed by atoms with Crippen molar-refractivity contribution >= 4 is 5.91 Å². The summed E-state index contributed by atoms with van der Waals surface area (Å²) in [6, 6.07) is 0.628. The summed E-state index contributed by atoms with van der Waals surface area (Å²) in [7, 11) is 0. The molecule has 0 saturated carbocycles. The van der Waals surface area contributed by atoms with Gasteiger partial charge in [0, 0.05) is 38.1 Å². The normalized spacial score (nSPS) is 22.1. The number of rotatable bonds is 2. The van der Waals surface area contributed by atoms with Crippen molar-refractivity contribution in [1.82, 2.24) is 19.8 Å². The molecule has 2 fully saturated rings. The van der Waals surface area contributed by atoms with Crippen molar-refractivity contribution in [2.24, 2.45) is 5.41 Å². The van der Waals surface area contributed by atoms with E-state index in [1.807, 2.05) is 4.90 Å². The van der Waals surface area contributed by atoms with Crippen LogP contribution in [0.3, 0.4) is 0 Å². The first-order valence-electron chi connectivity index (χ1n) is 7.89. The van der Waals surface area contributed by atoms with Gasteiger partial charge in [0.1, 0.15) is 5.69 Å². The van der Waals surface area contributed by atoms with Crippen LogP contribution in [0.15, 0.2) is 18.6 Å². The fourth-order valence-corrected chi connectivity index (χ4v) is 3.57. The van der Waals surface area contributed by atoms with Crippen molar-refractivity contribution < 1.29 is 4.79 Å². The largest absolute Gasteiger partial charge is 0.337 e. The lowest BCUT2D eigenvalue weighted by Gasteiger charge is -2.39. The summed E-state index contributed by atoms with van der Waals surface area (Å²) in [6.45, 7) is 8.63. The van der Waals surface area contributed by atoms with Gasteiger partial charge in [-0.15, -0.1) is 0 Å². The van der Waals surface area contributed by atoms with E-state index in [2.05, 4.69) is 28.7 Å².